The summed E-state index contributed by atoms with van der Waals surface area (Å²) < 4.78 is 103. The quantitative estimate of drug-likeness (QED) is 0.278. The molecule has 26 heavy (non-hydrogen) atoms. The molecular weight excluding hydrogens is 393 g/mol. The minimum atomic E-state index is -5.21. The van der Waals surface area contributed by atoms with Gasteiger partial charge in [0.2, 0.25) is 0 Å². The fourth-order valence-electron chi connectivity index (χ4n) is 1.85. The van der Waals surface area contributed by atoms with E-state index in [0.29, 0.717) is 12.1 Å². The topological polar surface area (TPSA) is 61.8 Å². The molecule has 0 aromatic heterocycles. The van der Waals surface area contributed by atoms with Gasteiger partial charge in [-0.3, -0.25) is 9.36 Å². The lowest BCUT2D eigenvalue weighted by Gasteiger charge is -2.18. The van der Waals surface area contributed by atoms with Crippen molar-refractivity contribution >= 4 is 13.6 Å². The SMILES string of the molecule is CCOP(=O)(CC(=O)Oc1ccc(C(F)(F)F)cc1C(F)(F)F)OCC. The summed E-state index contributed by atoms with van der Waals surface area (Å²) in [4.78, 5) is 11.8. The Bertz CT molecular complexity index is 675. The van der Waals surface area contributed by atoms with Crippen molar-refractivity contribution in [2.45, 2.75) is 26.2 Å². The monoisotopic (exact) mass is 408 g/mol. The normalized spacial score (nSPS) is 12.9. The Morgan fingerprint density at radius 2 is 1.54 bits per heavy atom. The maximum Gasteiger partial charge on any atom is 0.420 e. The zero-order valence-corrected chi connectivity index (χ0v) is 14.5. The van der Waals surface area contributed by atoms with Gasteiger partial charge in [0.05, 0.1) is 24.3 Å². The van der Waals surface area contributed by atoms with E-state index in [4.69, 9.17) is 9.05 Å². The lowest BCUT2D eigenvalue weighted by Crippen LogP contribution is -2.19. The molecule has 0 amide bonds. The van der Waals surface area contributed by atoms with Crippen LogP contribution in [0.15, 0.2) is 18.2 Å². The van der Waals surface area contributed by atoms with Gasteiger partial charge in [-0.25, -0.2) is 0 Å². The Balaban J connectivity index is 3.12. The molecule has 0 bridgehead atoms. The van der Waals surface area contributed by atoms with Gasteiger partial charge in [-0.2, -0.15) is 26.3 Å². The van der Waals surface area contributed by atoms with Gasteiger partial charge in [0.15, 0.2) is 0 Å². The molecule has 0 aliphatic heterocycles. The van der Waals surface area contributed by atoms with E-state index < -0.39 is 49.0 Å². The molecular formula is C14H15F6O5P. The summed E-state index contributed by atoms with van der Waals surface area (Å²) in [6, 6.07) is 0.533. The Morgan fingerprint density at radius 3 is 1.96 bits per heavy atom. The Hall–Kier alpha value is -1.58. The molecule has 0 saturated heterocycles. The van der Waals surface area contributed by atoms with Crippen molar-refractivity contribution in [2.24, 2.45) is 0 Å². The molecule has 0 aliphatic rings. The van der Waals surface area contributed by atoms with Gasteiger partial charge in [-0.05, 0) is 32.0 Å². The van der Waals surface area contributed by atoms with Crippen LogP contribution in [0.4, 0.5) is 26.3 Å². The minimum Gasteiger partial charge on any atom is -0.425 e. The third kappa shape index (κ3) is 6.30. The van der Waals surface area contributed by atoms with Crippen LogP contribution in [0.3, 0.4) is 0 Å². The largest absolute Gasteiger partial charge is 0.425 e. The third-order valence-electron chi connectivity index (χ3n) is 2.81. The molecule has 0 fully saturated rings. The molecule has 0 aliphatic carbocycles. The minimum absolute atomic E-state index is 0.0986. The molecule has 12 heteroatoms. The van der Waals surface area contributed by atoms with Crippen LogP contribution in [0, 0.1) is 0 Å². The number of esters is 1. The number of ether oxygens (including phenoxy) is 1. The van der Waals surface area contributed by atoms with Crippen molar-refractivity contribution < 1.29 is 49.5 Å². The molecule has 0 saturated carbocycles. The van der Waals surface area contributed by atoms with Gasteiger partial charge in [-0.1, -0.05) is 0 Å². The van der Waals surface area contributed by atoms with Crippen molar-refractivity contribution in [2.75, 3.05) is 19.4 Å². The van der Waals surface area contributed by atoms with E-state index in [1.54, 1.807) is 0 Å². The number of hydrogen-bond donors (Lipinski definition) is 0. The first kappa shape index (κ1) is 22.5. The van der Waals surface area contributed by atoms with E-state index in [9.17, 15) is 35.7 Å². The highest BCUT2D eigenvalue weighted by molar-refractivity contribution is 7.54. The average Bonchev–Trinajstić information content (AvgIpc) is 2.45. The van der Waals surface area contributed by atoms with Crippen LogP contribution in [-0.2, 0) is 30.8 Å². The highest BCUT2D eigenvalue weighted by Gasteiger charge is 2.40. The van der Waals surface area contributed by atoms with Crippen LogP contribution >= 0.6 is 7.60 Å². The van der Waals surface area contributed by atoms with E-state index in [0.717, 1.165) is 0 Å². The molecule has 1 aromatic rings. The number of benzene rings is 1. The molecule has 0 N–H and O–H groups in total. The number of hydrogen-bond acceptors (Lipinski definition) is 5. The van der Waals surface area contributed by atoms with Crippen molar-refractivity contribution in [3.05, 3.63) is 29.3 Å². The molecule has 5 nitrogen and oxygen atoms in total. The van der Waals surface area contributed by atoms with E-state index in [2.05, 4.69) is 4.74 Å². The van der Waals surface area contributed by atoms with E-state index in [-0.39, 0.29) is 19.3 Å². The summed E-state index contributed by atoms with van der Waals surface area (Å²) in [6.07, 6.45) is -11.2. The molecule has 1 aromatic carbocycles. The van der Waals surface area contributed by atoms with Gasteiger partial charge in [0, 0.05) is 0 Å². The standard InChI is InChI=1S/C14H15F6O5P/c1-3-23-26(22,24-4-2)8-12(21)25-11-6-5-9(13(15,16)17)7-10(11)14(18,19)20/h5-7H,3-4,8H2,1-2H3. The van der Waals surface area contributed by atoms with E-state index in [1.807, 2.05) is 0 Å². The van der Waals surface area contributed by atoms with Gasteiger partial charge in [0.25, 0.3) is 0 Å². The van der Waals surface area contributed by atoms with Crippen LogP contribution in [0.25, 0.3) is 0 Å². The van der Waals surface area contributed by atoms with Crippen LogP contribution < -0.4 is 4.74 Å². The van der Waals surface area contributed by atoms with E-state index in [1.165, 1.54) is 13.8 Å². The summed E-state index contributed by atoms with van der Waals surface area (Å²) in [7, 11) is -3.94. The number of alkyl halides is 6. The Morgan fingerprint density at radius 1 is 1.00 bits per heavy atom. The average molecular weight is 408 g/mol. The molecule has 148 valence electrons. The van der Waals surface area contributed by atoms with Crippen LogP contribution in [0.1, 0.15) is 25.0 Å². The molecule has 0 radical (unpaired) electrons. The Labute approximate surface area is 144 Å². The fourth-order valence-corrected chi connectivity index (χ4v) is 3.28. The third-order valence-corrected chi connectivity index (χ3v) is 4.76. The summed E-state index contributed by atoms with van der Waals surface area (Å²) >= 11 is 0. The summed E-state index contributed by atoms with van der Waals surface area (Å²) in [5.41, 5.74) is -3.35. The zero-order chi connectivity index (χ0) is 20.2. The van der Waals surface area contributed by atoms with Crippen molar-refractivity contribution in [1.82, 2.24) is 0 Å². The second-order valence-corrected chi connectivity index (χ2v) is 6.84. The van der Waals surface area contributed by atoms with Crippen LogP contribution in [-0.4, -0.2) is 25.3 Å². The molecule has 0 unspecified atom stereocenters. The highest BCUT2D eigenvalue weighted by atomic mass is 31.2. The summed E-state index contributed by atoms with van der Waals surface area (Å²) in [6.45, 7) is 2.71. The smallest absolute Gasteiger partial charge is 0.420 e. The molecule has 1 rings (SSSR count). The van der Waals surface area contributed by atoms with Crippen LogP contribution in [0.2, 0.25) is 0 Å². The van der Waals surface area contributed by atoms with Crippen LogP contribution in [0.5, 0.6) is 5.75 Å². The maximum absolute atomic E-state index is 13.0. The number of halogens is 6. The number of rotatable bonds is 7. The van der Waals surface area contributed by atoms with Gasteiger partial charge >= 0.3 is 25.9 Å². The maximum atomic E-state index is 13.0. The number of carbonyl (C=O) groups is 1. The van der Waals surface area contributed by atoms with Crippen molar-refractivity contribution in [3.63, 3.8) is 0 Å². The lowest BCUT2D eigenvalue weighted by molar-refractivity contribution is -0.144. The van der Waals surface area contributed by atoms with Gasteiger partial charge in [-0.15, -0.1) is 0 Å². The lowest BCUT2D eigenvalue weighted by atomic mass is 10.1. The highest BCUT2D eigenvalue weighted by Crippen LogP contribution is 2.48. The van der Waals surface area contributed by atoms with Crippen molar-refractivity contribution in [1.29, 1.82) is 0 Å². The first-order chi connectivity index (χ1) is 11.8. The first-order valence-corrected chi connectivity index (χ1v) is 8.92. The molecule has 0 heterocycles. The second-order valence-electron chi connectivity index (χ2n) is 4.79. The predicted octanol–water partition coefficient (Wildman–Crippen LogP) is 4.90. The van der Waals surface area contributed by atoms with E-state index >= 15 is 0 Å². The zero-order valence-electron chi connectivity index (χ0n) is 13.6. The first-order valence-electron chi connectivity index (χ1n) is 7.19. The number of carbonyl (C=O) groups excluding carboxylic acids is 1. The summed E-state index contributed by atoms with van der Waals surface area (Å²) in [5.74, 6) is -2.55. The van der Waals surface area contributed by atoms with Crippen molar-refractivity contribution in [3.8, 4) is 5.75 Å². The van der Waals surface area contributed by atoms with Gasteiger partial charge < -0.3 is 13.8 Å². The fraction of sp³-hybridized carbons (Fsp3) is 0.500. The molecule has 0 atom stereocenters. The van der Waals surface area contributed by atoms with Gasteiger partial charge in [0.1, 0.15) is 11.9 Å². The summed E-state index contributed by atoms with van der Waals surface area (Å²) in [5, 5.41) is 0. The Kier molecular flexibility index (Phi) is 7.26. The second kappa shape index (κ2) is 8.41. The predicted molar refractivity (Wildman–Crippen MR) is 77.8 cm³/mol. The molecule has 0 spiro atoms.